The maximum atomic E-state index is 14.9. The Morgan fingerprint density at radius 1 is 1.08 bits per heavy atom. The number of nitrogens with one attached hydrogen (secondary N) is 2. The largest absolute Gasteiger partial charge is 0.489 e. The molecule has 2 aromatic carbocycles. The number of ether oxygens (including phenoxy) is 5. The van der Waals surface area contributed by atoms with E-state index in [1.54, 1.807) is 11.1 Å². The van der Waals surface area contributed by atoms with E-state index in [1.807, 2.05) is 12.1 Å². The molecule has 18 heteroatoms. The molecule has 2 aromatic heterocycles. The molecule has 0 aliphatic carbocycles. The third-order valence-electron chi connectivity index (χ3n) is 10.8. The van der Waals surface area contributed by atoms with Crippen molar-refractivity contribution in [3.8, 4) is 11.6 Å². The quantitative estimate of drug-likeness (QED) is 0.183. The Kier molecular flexibility index (Phi) is 8.19. The summed E-state index contributed by atoms with van der Waals surface area (Å²) in [5.41, 5.74) is 6.46. The number of hydrogen-bond donors (Lipinski definition) is 3. The first-order valence-corrected chi connectivity index (χ1v) is 18.9. The highest BCUT2D eigenvalue weighted by atomic mass is 32.2. The number of H-pyrrole nitrogens is 1. The summed E-state index contributed by atoms with van der Waals surface area (Å²) in [4.78, 5) is 36.2. The van der Waals surface area contributed by atoms with E-state index in [0.717, 1.165) is 11.5 Å². The van der Waals surface area contributed by atoms with Gasteiger partial charge in [-0.2, -0.15) is 4.98 Å². The maximum absolute atomic E-state index is 14.9. The third-order valence-corrected chi connectivity index (χ3v) is 12.5. The van der Waals surface area contributed by atoms with E-state index in [-0.39, 0.29) is 69.8 Å². The monoisotopic (exact) mass is 747 g/mol. The van der Waals surface area contributed by atoms with Crippen molar-refractivity contribution in [3.05, 3.63) is 64.3 Å². The number of rotatable bonds is 7. The smallest absolute Gasteiger partial charge is 0.297 e. The number of hydrogen-bond acceptors (Lipinski definition) is 14. The Morgan fingerprint density at radius 3 is 2.70 bits per heavy atom. The van der Waals surface area contributed by atoms with Crippen molar-refractivity contribution in [2.45, 2.75) is 59.5 Å². The lowest BCUT2D eigenvalue weighted by atomic mass is 9.98. The summed E-state index contributed by atoms with van der Waals surface area (Å²) in [5.74, 6) is -0.634. The molecule has 9 rings (SSSR count). The Labute approximate surface area is 303 Å². The lowest BCUT2D eigenvalue weighted by molar-refractivity contribution is -0.384. The molecule has 3 fully saturated rings. The normalized spacial score (nSPS) is 25.9. The van der Waals surface area contributed by atoms with Crippen LogP contribution in [0.2, 0.25) is 0 Å². The fraction of sp³-hybridized carbons (Fsp3) is 0.429. The van der Waals surface area contributed by atoms with Gasteiger partial charge in [0.1, 0.15) is 24.0 Å². The van der Waals surface area contributed by atoms with Gasteiger partial charge < -0.3 is 44.6 Å². The highest BCUT2D eigenvalue weighted by Gasteiger charge is 2.45. The molecule has 1 amide bonds. The van der Waals surface area contributed by atoms with Crippen molar-refractivity contribution in [3.63, 3.8) is 0 Å². The van der Waals surface area contributed by atoms with Crippen LogP contribution in [0.4, 0.5) is 22.7 Å². The van der Waals surface area contributed by atoms with E-state index in [9.17, 15) is 23.3 Å². The second kappa shape index (κ2) is 12.8. The van der Waals surface area contributed by atoms with E-state index >= 15 is 0 Å². The number of para-hydroxylation sites is 1. The van der Waals surface area contributed by atoms with Crippen molar-refractivity contribution >= 4 is 49.5 Å². The molecule has 5 aliphatic heterocycles. The fourth-order valence-electron chi connectivity index (χ4n) is 7.95. The first kappa shape index (κ1) is 33.8. The van der Waals surface area contributed by atoms with Gasteiger partial charge in [-0.1, -0.05) is 6.07 Å². The molecule has 0 unspecified atom stereocenters. The number of anilines is 3. The number of carbonyl (C=O) groups excluding carboxylic acids is 1. The molecular formula is C35H37N7O10S. The third kappa shape index (κ3) is 5.63. The van der Waals surface area contributed by atoms with Crippen LogP contribution in [0.1, 0.15) is 23.7 Å². The van der Waals surface area contributed by atoms with Gasteiger partial charge in [-0.15, -0.1) is 0 Å². The SMILES string of the molecule is C[C@@H]1CO[C@@H]([C@@H]2COc3cc(S(=O)(=O)c4cccc(C(N)=O)c4N4c5cc6cc[nH]c6nc5O[C@H]5COCC[C@H]54)cc([N+](=O)[O-])c3N2)CN1C1COC1. The van der Waals surface area contributed by atoms with Crippen LogP contribution in [0.15, 0.2) is 58.5 Å². The molecule has 4 N–H and O–H groups in total. The van der Waals surface area contributed by atoms with Crippen LogP contribution in [0.3, 0.4) is 0 Å². The van der Waals surface area contributed by atoms with Crippen molar-refractivity contribution < 1.29 is 41.8 Å². The summed E-state index contributed by atoms with van der Waals surface area (Å²) in [6, 6.07) is 9.73. The number of morpholine rings is 1. The number of carbonyl (C=O) groups is 1. The zero-order chi connectivity index (χ0) is 36.6. The van der Waals surface area contributed by atoms with Gasteiger partial charge in [0.05, 0.1) is 76.6 Å². The van der Waals surface area contributed by atoms with Gasteiger partial charge in [-0.25, -0.2) is 8.42 Å². The van der Waals surface area contributed by atoms with Crippen molar-refractivity contribution in [1.29, 1.82) is 0 Å². The van der Waals surface area contributed by atoms with E-state index in [2.05, 4.69) is 27.1 Å². The number of nitro benzene ring substituents is 1. The van der Waals surface area contributed by atoms with Gasteiger partial charge in [-0.05, 0) is 37.6 Å². The molecule has 0 bridgehead atoms. The molecule has 0 radical (unpaired) electrons. The van der Waals surface area contributed by atoms with E-state index < -0.39 is 44.5 Å². The minimum atomic E-state index is -4.59. The summed E-state index contributed by atoms with van der Waals surface area (Å²) < 4.78 is 59.4. The predicted molar refractivity (Wildman–Crippen MR) is 189 cm³/mol. The van der Waals surface area contributed by atoms with Crippen LogP contribution < -0.4 is 25.4 Å². The Bertz CT molecular complexity index is 2240. The number of nitro groups is 1. The summed E-state index contributed by atoms with van der Waals surface area (Å²) in [5, 5.41) is 16.6. The van der Waals surface area contributed by atoms with Gasteiger partial charge in [-0.3, -0.25) is 19.8 Å². The minimum absolute atomic E-state index is 0.00955. The lowest BCUT2D eigenvalue weighted by Crippen LogP contribution is -2.62. The van der Waals surface area contributed by atoms with Gasteiger partial charge >= 0.3 is 0 Å². The molecule has 53 heavy (non-hydrogen) atoms. The molecular weight excluding hydrogens is 710 g/mol. The average molecular weight is 748 g/mol. The van der Waals surface area contributed by atoms with Crippen LogP contribution in [-0.2, 0) is 24.0 Å². The van der Waals surface area contributed by atoms with Crippen molar-refractivity contribution in [2.24, 2.45) is 5.73 Å². The average Bonchev–Trinajstić information content (AvgIpc) is 3.59. The Balaban J connectivity index is 1.13. The Morgan fingerprint density at radius 2 is 1.92 bits per heavy atom. The highest BCUT2D eigenvalue weighted by Crippen LogP contribution is 2.49. The molecule has 3 saturated heterocycles. The van der Waals surface area contributed by atoms with Gasteiger partial charge in [0.15, 0.2) is 11.4 Å². The lowest BCUT2D eigenvalue weighted by Gasteiger charge is -2.47. The summed E-state index contributed by atoms with van der Waals surface area (Å²) >= 11 is 0. The molecule has 0 saturated carbocycles. The summed E-state index contributed by atoms with van der Waals surface area (Å²) in [6.45, 7) is 5.07. The van der Waals surface area contributed by atoms with E-state index in [4.69, 9.17) is 29.4 Å². The number of aromatic amines is 1. The molecule has 5 atom stereocenters. The summed E-state index contributed by atoms with van der Waals surface area (Å²) in [7, 11) is -4.59. The Hall–Kier alpha value is -5.01. The zero-order valence-corrected chi connectivity index (χ0v) is 29.4. The maximum Gasteiger partial charge on any atom is 0.297 e. The van der Waals surface area contributed by atoms with E-state index in [1.165, 1.54) is 24.3 Å². The minimum Gasteiger partial charge on any atom is -0.489 e. The van der Waals surface area contributed by atoms with Crippen LogP contribution in [-0.4, -0.2) is 117 Å². The number of pyridine rings is 1. The second-order valence-electron chi connectivity index (χ2n) is 13.9. The highest BCUT2D eigenvalue weighted by molar-refractivity contribution is 7.91. The van der Waals surface area contributed by atoms with Crippen LogP contribution in [0, 0.1) is 10.1 Å². The topological polar surface area (TPSA) is 214 Å². The van der Waals surface area contributed by atoms with E-state index in [0.29, 0.717) is 50.7 Å². The standard InChI is InChI=1S/C35H37N7O10S/c1-18-13-50-28(12-40(18)20-14-49-15-20)23-16-51-27-11-21(10-25(42(44)45)31(27)38-23)53(46,47)30-4-2-3-22(33(36)43)32(30)41-24-6-8-48-17-29(24)52-35-26(41)9-19-5-7-37-34(19)39-35/h2-5,7,9-11,18,20,23-24,28-29,38H,6,8,12-17H2,1H3,(H2,36,43)(H,37,39)/t18-,23+,24-,28-,29+/m1/s1. The number of aromatic nitrogens is 2. The number of nitrogens with two attached hydrogens (primary N) is 1. The molecule has 5 aliphatic rings. The first-order valence-electron chi connectivity index (χ1n) is 17.4. The first-order chi connectivity index (χ1) is 25.6. The number of primary amides is 1. The number of fused-ring (bicyclic) bond motifs is 4. The van der Waals surface area contributed by atoms with Crippen molar-refractivity contribution in [1.82, 2.24) is 14.9 Å². The van der Waals surface area contributed by atoms with Crippen LogP contribution in [0.5, 0.6) is 11.6 Å². The van der Waals surface area contributed by atoms with Gasteiger partial charge in [0.25, 0.3) is 11.6 Å². The second-order valence-corrected chi connectivity index (χ2v) is 15.9. The molecule has 17 nitrogen and oxygen atoms in total. The predicted octanol–water partition coefficient (Wildman–Crippen LogP) is 2.75. The zero-order valence-electron chi connectivity index (χ0n) is 28.6. The molecule has 278 valence electrons. The summed E-state index contributed by atoms with van der Waals surface area (Å²) in [6.07, 6.45) is 1.26. The van der Waals surface area contributed by atoms with Crippen LogP contribution >= 0.6 is 0 Å². The fourth-order valence-corrected chi connectivity index (χ4v) is 9.45. The molecule has 0 spiro atoms. The molecule has 4 aromatic rings. The van der Waals surface area contributed by atoms with Gasteiger partial charge in [0.2, 0.25) is 15.7 Å². The van der Waals surface area contributed by atoms with Crippen LogP contribution in [0.25, 0.3) is 11.0 Å². The number of nitrogens with zero attached hydrogens (tertiary/aromatic N) is 4. The molecule has 7 heterocycles. The van der Waals surface area contributed by atoms with Crippen molar-refractivity contribution in [2.75, 3.05) is 56.4 Å². The number of amides is 1. The van der Waals surface area contributed by atoms with Gasteiger partial charge in [0, 0.05) is 42.9 Å². The number of benzene rings is 2. The number of sulfone groups is 1.